The van der Waals surface area contributed by atoms with Gasteiger partial charge in [-0.2, -0.15) is 0 Å². The van der Waals surface area contributed by atoms with Crippen molar-refractivity contribution in [3.05, 3.63) is 57.5 Å². The monoisotopic (exact) mass is 449 g/mol. The van der Waals surface area contributed by atoms with Gasteiger partial charge in [-0.05, 0) is 31.9 Å². The third-order valence-corrected chi connectivity index (χ3v) is 4.53. The number of cyclic esters (lactones) is 1. The van der Waals surface area contributed by atoms with E-state index in [2.05, 4.69) is 22.1 Å². The molecule has 170 valence electrons. The number of alkyl halides is 2. The molecule has 0 radical (unpaired) electrons. The number of ether oxygens (including phenoxy) is 2. The van der Waals surface area contributed by atoms with Crippen LogP contribution in [0.4, 0.5) is 23.7 Å². The summed E-state index contributed by atoms with van der Waals surface area (Å²) in [5.74, 6) is 5.79. The van der Waals surface area contributed by atoms with Gasteiger partial charge in [0.1, 0.15) is 5.82 Å². The second kappa shape index (κ2) is 10.3. The molecule has 1 aliphatic carbocycles. The first kappa shape index (κ1) is 23.3. The molecule has 0 saturated heterocycles. The van der Waals surface area contributed by atoms with E-state index in [9.17, 15) is 22.8 Å². The molecule has 1 aliphatic heterocycles. The summed E-state index contributed by atoms with van der Waals surface area (Å²) in [4.78, 5) is 28.2. The maximum absolute atomic E-state index is 14.7. The minimum atomic E-state index is -2.17. The Kier molecular flexibility index (Phi) is 7.53. The zero-order valence-corrected chi connectivity index (χ0v) is 17.5. The van der Waals surface area contributed by atoms with Gasteiger partial charge >= 0.3 is 6.09 Å². The van der Waals surface area contributed by atoms with Crippen molar-refractivity contribution in [1.29, 1.82) is 0 Å². The van der Waals surface area contributed by atoms with Crippen LogP contribution in [0.25, 0.3) is 0 Å². The number of carbonyl (C=O) groups is 1. The van der Waals surface area contributed by atoms with Crippen LogP contribution in [0.5, 0.6) is 0 Å². The molecular formula is C22H22F3N3O4. The fourth-order valence-corrected chi connectivity index (χ4v) is 2.91. The Balaban J connectivity index is 0.000000668. The number of amides is 1. The predicted octanol–water partition coefficient (Wildman–Crippen LogP) is 3.87. The Bertz CT molecular complexity index is 1100. The average Bonchev–Trinajstić information content (AvgIpc) is 3.53. The molecule has 1 amide bonds. The Labute approximate surface area is 182 Å². The normalized spacial score (nSPS) is 16.7. The average molecular weight is 449 g/mol. The van der Waals surface area contributed by atoms with Gasteiger partial charge < -0.3 is 9.47 Å². The SMILES string of the molecule is CC(F)F.COCc1cc(=O)n(Cc2cc3c(cc2F)[C@H](C#CC2CC2)OC(=O)N3)cn1. The van der Waals surface area contributed by atoms with Gasteiger partial charge in [0.25, 0.3) is 5.56 Å². The molecule has 10 heteroatoms. The van der Waals surface area contributed by atoms with Gasteiger partial charge in [0, 0.05) is 30.2 Å². The Morgan fingerprint density at radius 3 is 2.62 bits per heavy atom. The van der Waals surface area contributed by atoms with Crippen molar-refractivity contribution in [1.82, 2.24) is 9.55 Å². The molecule has 4 rings (SSSR count). The van der Waals surface area contributed by atoms with Crippen molar-refractivity contribution in [2.24, 2.45) is 5.92 Å². The molecule has 2 aromatic rings. The van der Waals surface area contributed by atoms with Crippen molar-refractivity contribution in [2.45, 2.75) is 45.4 Å². The van der Waals surface area contributed by atoms with Crippen molar-refractivity contribution in [3.63, 3.8) is 0 Å². The van der Waals surface area contributed by atoms with E-state index in [1.807, 2.05) is 0 Å². The molecule has 1 atom stereocenters. The lowest BCUT2D eigenvalue weighted by Crippen LogP contribution is -2.25. The summed E-state index contributed by atoms with van der Waals surface area (Å²) in [6.45, 7) is 1.03. The van der Waals surface area contributed by atoms with Gasteiger partial charge in [-0.1, -0.05) is 11.8 Å². The number of methoxy groups -OCH3 is 1. The number of nitrogens with zero attached hydrogens (tertiary/aromatic N) is 2. The van der Waals surface area contributed by atoms with Gasteiger partial charge in [0.05, 0.1) is 30.9 Å². The van der Waals surface area contributed by atoms with E-state index in [1.165, 1.54) is 36.2 Å². The first-order valence-electron chi connectivity index (χ1n) is 9.90. The number of nitrogens with one attached hydrogen (secondary N) is 1. The third-order valence-electron chi connectivity index (χ3n) is 4.53. The second-order valence-electron chi connectivity index (χ2n) is 7.30. The van der Waals surface area contributed by atoms with E-state index in [-0.39, 0.29) is 24.3 Å². The molecule has 1 aromatic carbocycles. The van der Waals surface area contributed by atoms with Crippen LogP contribution in [0.2, 0.25) is 0 Å². The van der Waals surface area contributed by atoms with E-state index in [0.29, 0.717) is 22.9 Å². The summed E-state index contributed by atoms with van der Waals surface area (Å²) in [5, 5.41) is 2.57. The van der Waals surface area contributed by atoms with Crippen LogP contribution in [0.15, 0.2) is 29.3 Å². The molecular weight excluding hydrogens is 427 g/mol. The Morgan fingerprint density at radius 2 is 2.00 bits per heavy atom. The lowest BCUT2D eigenvalue weighted by Gasteiger charge is -2.23. The summed E-state index contributed by atoms with van der Waals surface area (Å²) in [6.07, 6.45) is -0.175. The van der Waals surface area contributed by atoms with E-state index < -0.39 is 24.4 Å². The van der Waals surface area contributed by atoms with Crippen molar-refractivity contribution in [3.8, 4) is 11.8 Å². The molecule has 0 unspecified atom stereocenters. The van der Waals surface area contributed by atoms with Gasteiger partial charge in [-0.3, -0.25) is 14.7 Å². The van der Waals surface area contributed by atoms with Crippen LogP contribution in [-0.4, -0.2) is 29.2 Å². The van der Waals surface area contributed by atoms with Gasteiger partial charge in [-0.15, -0.1) is 0 Å². The van der Waals surface area contributed by atoms with Crippen molar-refractivity contribution >= 4 is 11.8 Å². The highest BCUT2D eigenvalue weighted by Crippen LogP contribution is 2.34. The van der Waals surface area contributed by atoms with E-state index in [1.54, 1.807) is 0 Å². The summed E-state index contributed by atoms with van der Waals surface area (Å²) < 4.78 is 46.8. The highest BCUT2D eigenvalue weighted by atomic mass is 19.3. The van der Waals surface area contributed by atoms with Gasteiger partial charge in [0.15, 0.2) is 6.10 Å². The Hall–Kier alpha value is -3.32. The second-order valence-corrected chi connectivity index (χ2v) is 7.30. The van der Waals surface area contributed by atoms with Crippen LogP contribution in [0.3, 0.4) is 0 Å². The molecule has 1 aromatic heterocycles. The summed E-state index contributed by atoms with van der Waals surface area (Å²) in [6, 6.07) is 4.15. The van der Waals surface area contributed by atoms with E-state index >= 15 is 0 Å². The third kappa shape index (κ3) is 6.34. The lowest BCUT2D eigenvalue weighted by atomic mass is 10.0. The minimum Gasteiger partial charge on any atom is -0.428 e. The van der Waals surface area contributed by atoms with Crippen molar-refractivity contribution < 1.29 is 27.4 Å². The van der Waals surface area contributed by atoms with Gasteiger partial charge in [-0.25, -0.2) is 22.9 Å². The number of hydrogen-bond acceptors (Lipinski definition) is 5. The van der Waals surface area contributed by atoms with E-state index in [0.717, 1.165) is 19.8 Å². The molecule has 32 heavy (non-hydrogen) atoms. The quantitative estimate of drug-likeness (QED) is 0.717. The number of rotatable bonds is 4. The number of carbonyl (C=O) groups excluding carboxylic acids is 1. The largest absolute Gasteiger partial charge is 0.428 e. The molecule has 2 heterocycles. The zero-order chi connectivity index (χ0) is 23.3. The number of benzene rings is 1. The van der Waals surface area contributed by atoms with Crippen LogP contribution >= 0.6 is 0 Å². The molecule has 1 fully saturated rings. The standard InChI is InChI=1S/C20H18FN3O4.C2H4F2/c1-27-10-14-7-19(25)24(11-22-14)9-13-6-17-15(8-16(13)21)18(28-20(26)23-17)5-4-12-2-3-12;1-2(3)4/h6-8,11-12,18H,2-3,9-10H2,1H3,(H,23,26);2H,1H3/t18-;/m0./s1. The number of hydrogen-bond donors (Lipinski definition) is 1. The molecule has 0 spiro atoms. The first-order chi connectivity index (χ1) is 15.3. The smallest absolute Gasteiger partial charge is 0.413 e. The molecule has 2 aliphatic rings. The number of halogens is 3. The summed E-state index contributed by atoms with van der Waals surface area (Å²) in [7, 11) is 1.51. The molecule has 1 N–H and O–H groups in total. The number of aromatic nitrogens is 2. The van der Waals surface area contributed by atoms with Crippen LogP contribution in [0, 0.1) is 23.6 Å². The summed E-state index contributed by atoms with van der Waals surface area (Å²) >= 11 is 0. The molecule has 1 saturated carbocycles. The lowest BCUT2D eigenvalue weighted by molar-refractivity contribution is 0.134. The minimum absolute atomic E-state index is 0.0205. The van der Waals surface area contributed by atoms with Crippen LogP contribution in [-0.2, 0) is 22.6 Å². The fraction of sp³-hybridized carbons (Fsp3) is 0.409. The fourth-order valence-electron chi connectivity index (χ4n) is 2.91. The number of anilines is 1. The van der Waals surface area contributed by atoms with Crippen molar-refractivity contribution in [2.75, 3.05) is 12.4 Å². The van der Waals surface area contributed by atoms with Gasteiger partial charge in [0.2, 0.25) is 6.43 Å². The maximum Gasteiger partial charge on any atom is 0.413 e. The number of fused-ring (bicyclic) bond motifs is 1. The maximum atomic E-state index is 14.7. The molecule has 0 bridgehead atoms. The van der Waals surface area contributed by atoms with Crippen LogP contribution < -0.4 is 10.9 Å². The Morgan fingerprint density at radius 1 is 1.28 bits per heavy atom. The zero-order valence-electron chi connectivity index (χ0n) is 17.5. The highest BCUT2D eigenvalue weighted by molar-refractivity contribution is 5.88. The first-order valence-corrected chi connectivity index (χ1v) is 9.90. The molecule has 7 nitrogen and oxygen atoms in total. The van der Waals surface area contributed by atoms with Crippen LogP contribution in [0.1, 0.15) is 42.7 Å². The highest BCUT2D eigenvalue weighted by Gasteiger charge is 2.27. The van der Waals surface area contributed by atoms with E-state index in [4.69, 9.17) is 9.47 Å². The topological polar surface area (TPSA) is 82.5 Å². The summed E-state index contributed by atoms with van der Waals surface area (Å²) in [5.41, 5.74) is 1.32. The predicted molar refractivity (Wildman–Crippen MR) is 110 cm³/mol.